The Balaban J connectivity index is 1.17. The van der Waals surface area contributed by atoms with Crippen LogP contribution in [0.1, 0.15) is 72.1 Å². The molecular weight excluding hydrogens is 612 g/mol. The molecule has 0 unspecified atom stereocenters. The van der Waals surface area contributed by atoms with E-state index in [1.165, 1.54) is 0 Å². The third kappa shape index (κ3) is 7.05. The summed E-state index contributed by atoms with van der Waals surface area (Å²) < 4.78 is 56.7. The van der Waals surface area contributed by atoms with E-state index in [-0.39, 0.29) is 24.7 Å². The molecule has 0 amide bonds. The molecule has 0 saturated carbocycles. The van der Waals surface area contributed by atoms with Crippen LogP contribution in [0.25, 0.3) is 6.08 Å². The topological polar surface area (TPSA) is 124 Å². The van der Waals surface area contributed by atoms with Crippen LogP contribution in [0.15, 0.2) is 30.3 Å². The molecule has 4 saturated heterocycles. The van der Waals surface area contributed by atoms with Gasteiger partial charge in [-0.3, -0.25) is 0 Å². The van der Waals surface area contributed by atoms with Crippen LogP contribution in [0.4, 0.5) is 0 Å². The highest BCUT2D eigenvalue weighted by atomic mass is 28.4. The second-order valence-electron chi connectivity index (χ2n) is 15.5. The molecule has 4 heterocycles. The van der Waals surface area contributed by atoms with Gasteiger partial charge in [-0.2, -0.15) is 0 Å². The Bertz CT molecular complexity index is 1260. The minimum atomic E-state index is -2.15. The van der Waals surface area contributed by atoms with Crippen LogP contribution in [0, 0.1) is 0 Å². The Morgan fingerprint density at radius 3 is 2.28 bits per heavy atom. The Morgan fingerprint density at radius 1 is 0.870 bits per heavy atom. The number of aliphatic hydroxyl groups excluding tert-OH is 2. The SMILES string of the molecule is CC1(C)O[C@H]2[C@@H](O1)[C@@H](CO[C@@H]1C[C@@H](O[C@H]3C=Cc4ccccc4[C@@H]3O)[C@@H](O)[C@@H](CO[Si](C)(C)C(C)(C)C)O1)O[C@@H]1OC(C)(C)O[C@@H]12. The standard InChI is InChI=1S/C34H52O11Si/c1-32(2,3)46(8,9)38-18-23-27(36)22(39-21-15-14-19-12-10-11-13-20(19)26(21)35)16-25(40-23)37-17-24-28-29(43-33(4,5)42-28)30-31(41-24)45-34(6,7)44-30/h10-15,21-31,35-36H,16-18H2,1-9H3/t21-,22+,23+,24+,25-,26-,27+,28-,29-,30+,31+/m0/s1. The van der Waals surface area contributed by atoms with Crippen LogP contribution in [0.2, 0.25) is 18.1 Å². The Labute approximate surface area is 273 Å². The van der Waals surface area contributed by atoms with Crippen molar-refractivity contribution in [3.05, 3.63) is 41.5 Å². The van der Waals surface area contributed by atoms with Crippen molar-refractivity contribution in [3.63, 3.8) is 0 Å². The molecule has 0 radical (unpaired) electrons. The van der Waals surface area contributed by atoms with Gasteiger partial charge < -0.3 is 52.5 Å². The summed E-state index contributed by atoms with van der Waals surface area (Å²) >= 11 is 0. The number of ether oxygens (including phenoxy) is 8. The lowest BCUT2D eigenvalue weighted by Gasteiger charge is -2.43. The van der Waals surface area contributed by atoms with E-state index in [0.717, 1.165) is 11.1 Å². The lowest BCUT2D eigenvalue weighted by Crippen LogP contribution is -2.57. The smallest absolute Gasteiger partial charge is 0.192 e. The largest absolute Gasteiger partial charge is 0.414 e. The molecule has 4 aliphatic heterocycles. The fourth-order valence-corrected chi connectivity index (χ4v) is 7.57. The summed E-state index contributed by atoms with van der Waals surface area (Å²) in [5, 5.41) is 22.7. The zero-order valence-corrected chi connectivity index (χ0v) is 29.5. The normalized spacial score (nSPS) is 39.9. The summed E-state index contributed by atoms with van der Waals surface area (Å²) in [7, 11) is -2.15. The molecule has 1 aliphatic carbocycles. The second kappa shape index (κ2) is 12.6. The van der Waals surface area contributed by atoms with E-state index in [1.807, 2.05) is 64.1 Å². The first-order valence-electron chi connectivity index (χ1n) is 16.5. The number of rotatable bonds is 8. The van der Waals surface area contributed by atoms with Crippen LogP contribution < -0.4 is 0 Å². The minimum Gasteiger partial charge on any atom is -0.414 e. The monoisotopic (exact) mass is 664 g/mol. The molecule has 0 aromatic heterocycles. The number of fused-ring (bicyclic) bond motifs is 4. The molecule has 46 heavy (non-hydrogen) atoms. The predicted molar refractivity (Wildman–Crippen MR) is 170 cm³/mol. The van der Waals surface area contributed by atoms with Crippen LogP contribution >= 0.6 is 0 Å². The molecule has 0 bridgehead atoms. The molecular formula is C34H52O11Si. The van der Waals surface area contributed by atoms with Crippen molar-refractivity contribution in [3.8, 4) is 0 Å². The van der Waals surface area contributed by atoms with E-state index in [4.69, 9.17) is 42.3 Å². The van der Waals surface area contributed by atoms with Gasteiger partial charge in [0.05, 0.1) is 19.3 Å². The summed E-state index contributed by atoms with van der Waals surface area (Å²) in [5.74, 6) is -1.65. The zero-order valence-electron chi connectivity index (χ0n) is 28.5. The zero-order chi connectivity index (χ0) is 33.2. The maximum absolute atomic E-state index is 11.5. The van der Waals surface area contributed by atoms with E-state index >= 15 is 0 Å². The van der Waals surface area contributed by atoms with Crippen LogP contribution in [0.3, 0.4) is 0 Å². The molecule has 2 N–H and O–H groups in total. The summed E-state index contributed by atoms with van der Waals surface area (Å²) in [5.41, 5.74) is 1.73. The van der Waals surface area contributed by atoms with Crippen molar-refractivity contribution in [2.24, 2.45) is 0 Å². The number of hydrogen-bond donors (Lipinski definition) is 2. The molecule has 1 aromatic rings. The highest BCUT2D eigenvalue weighted by Crippen LogP contribution is 2.44. The highest BCUT2D eigenvalue weighted by molar-refractivity contribution is 6.74. The van der Waals surface area contributed by atoms with Gasteiger partial charge in [0, 0.05) is 6.42 Å². The van der Waals surface area contributed by atoms with Gasteiger partial charge in [0.25, 0.3) is 0 Å². The van der Waals surface area contributed by atoms with Gasteiger partial charge in [-0.05, 0) is 57.0 Å². The molecule has 6 rings (SSSR count). The summed E-state index contributed by atoms with van der Waals surface area (Å²) in [6.45, 7) is 18.6. The maximum atomic E-state index is 11.5. The Hall–Kier alpha value is -1.26. The van der Waals surface area contributed by atoms with Crippen molar-refractivity contribution in [1.29, 1.82) is 0 Å². The molecule has 4 fully saturated rings. The summed E-state index contributed by atoms with van der Waals surface area (Å²) in [6, 6.07) is 7.67. The van der Waals surface area contributed by atoms with E-state index in [1.54, 1.807) is 0 Å². The van der Waals surface area contributed by atoms with Gasteiger partial charge in [0.1, 0.15) is 48.8 Å². The van der Waals surface area contributed by atoms with Crippen molar-refractivity contribution < 1.29 is 52.5 Å². The Kier molecular flexibility index (Phi) is 9.45. The minimum absolute atomic E-state index is 0.0206. The number of hydrogen-bond acceptors (Lipinski definition) is 11. The van der Waals surface area contributed by atoms with Gasteiger partial charge in [-0.25, -0.2) is 0 Å². The van der Waals surface area contributed by atoms with Crippen molar-refractivity contribution in [2.75, 3.05) is 13.2 Å². The molecule has 258 valence electrons. The van der Waals surface area contributed by atoms with Gasteiger partial charge in [-0.1, -0.05) is 57.2 Å². The average Bonchev–Trinajstić information content (AvgIpc) is 3.47. The Morgan fingerprint density at radius 2 is 1.54 bits per heavy atom. The fraction of sp³-hybridized carbons (Fsp3) is 0.765. The first-order chi connectivity index (χ1) is 21.4. The number of benzene rings is 1. The first kappa shape index (κ1) is 34.6. The average molecular weight is 665 g/mol. The fourth-order valence-electron chi connectivity index (χ4n) is 6.55. The van der Waals surface area contributed by atoms with Crippen LogP contribution in [-0.4, -0.2) is 105 Å². The third-order valence-corrected chi connectivity index (χ3v) is 14.5. The molecule has 5 aliphatic rings. The second-order valence-corrected chi connectivity index (χ2v) is 20.3. The molecule has 12 heteroatoms. The molecule has 0 spiro atoms. The van der Waals surface area contributed by atoms with E-state index in [2.05, 4.69) is 33.9 Å². The maximum Gasteiger partial charge on any atom is 0.192 e. The summed E-state index contributed by atoms with van der Waals surface area (Å²) in [6.07, 6.45) is -3.11. The third-order valence-electron chi connectivity index (χ3n) is 10.0. The van der Waals surface area contributed by atoms with Crippen LogP contribution in [0.5, 0.6) is 0 Å². The van der Waals surface area contributed by atoms with Gasteiger partial charge in [-0.15, -0.1) is 0 Å². The lowest BCUT2D eigenvalue weighted by atomic mass is 9.92. The van der Waals surface area contributed by atoms with E-state index in [0.29, 0.717) is 0 Å². The van der Waals surface area contributed by atoms with Crippen molar-refractivity contribution in [2.45, 2.75) is 152 Å². The lowest BCUT2D eigenvalue weighted by molar-refractivity contribution is -0.291. The molecule has 11 atom stereocenters. The predicted octanol–water partition coefficient (Wildman–Crippen LogP) is 4.41. The van der Waals surface area contributed by atoms with E-state index < -0.39 is 87.4 Å². The first-order valence-corrected chi connectivity index (χ1v) is 19.4. The highest BCUT2D eigenvalue weighted by Gasteiger charge is 2.61. The van der Waals surface area contributed by atoms with Gasteiger partial charge >= 0.3 is 0 Å². The van der Waals surface area contributed by atoms with Gasteiger partial charge in [0.2, 0.25) is 0 Å². The van der Waals surface area contributed by atoms with Crippen molar-refractivity contribution >= 4 is 14.4 Å². The molecule has 1 aromatic carbocycles. The summed E-state index contributed by atoms with van der Waals surface area (Å²) in [4.78, 5) is 0. The quantitative estimate of drug-likeness (QED) is 0.384. The van der Waals surface area contributed by atoms with Crippen LogP contribution in [-0.2, 0) is 42.3 Å². The van der Waals surface area contributed by atoms with Gasteiger partial charge in [0.15, 0.2) is 32.5 Å². The van der Waals surface area contributed by atoms with Crippen molar-refractivity contribution in [1.82, 2.24) is 0 Å². The number of aliphatic hydroxyl groups is 2. The molecule has 11 nitrogen and oxygen atoms in total. The van der Waals surface area contributed by atoms with E-state index in [9.17, 15) is 10.2 Å².